The Labute approximate surface area is 134 Å². The lowest BCUT2D eigenvalue weighted by atomic mass is 9.77. The van der Waals surface area contributed by atoms with Crippen molar-refractivity contribution in [2.75, 3.05) is 24.8 Å². The minimum absolute atomic E-state index is 0.0488. The van der Waals surface area contributed by atoms with E-state index < -0.39 is 10.8 Å². The van der Waals surface area contributed by atoms with Crippen LogP contribution < -0.4 is 5.32 Å². The molecule has 0 amide bonds. The predicted octanol–water partition coefficient (Wildman–Crippen LogP) is 2.63. The van der Waals surface area contributed by atoms with Crippen molar-refractivity contribution in [1.82, 2.24) is 9.97 Å². The molecule has 1 fully saturated rings. The summed E-state index contributed by atoms with van der Waals surface area (Å²) in [5, 5.41) is 3.58. The van der Waals surface area contributed by atoms with Crippen molar-refractivity contribution < 1.29 is 8.95 Å². The third kappa shape index (κ3) is 2.91. The molecule has 22 heavy (non-hydrogen) atoms. The van der Waals surface area contributed by atoms with Crippen LogP contribution in [0.25, 0.3) is 0 Å². The molecule has 0 bridgehead atoms. The van der Waals surface area contributed by atoms with Crippen LogP contribution in [-0.4, -0.2) is 39.2 Å². The average Bonchev–Trinajstić information content (AvgIpc) is 2.44. The van der Waals surface area contributed by atoms with Crippen LogP contribution in [0.2, 0.25) is 0 Å². The van der Waals surface area contributed by atoms with Crippen molar-refractivity contribution in [3.05, 3.63) is 11.5 Å². The number of methoxy groups -OCH3 is 1. The highest BCUT2D eigenvalue weighted by atomic mass is 32.2. The highest BCUT2D eigenvalue weighted by Crippen LogP contribution is 2.38. The summed E-state index contributed by atoms with van der Waals surface area (Å²) in [6.45, 7) is 4.86. The van der Waals surface area contributed by atoms with E-state index in [0.29, 0.717) is 12.4 Å². The summed E-state index contributed by atoms with van der Waals surface area (Å²) in [5.74, 6) is 2.60. The van der Waals surface area contributed by atoms with Gasteiger partial charge in [-0.2, -0.15) is 0 Å². The van der Waals surface area contributed by atoms with Crippen LogP contribution in [0.3, 0.4) is 0 Å². The first kappa shape index (κ1) is 15.9. The van der Waals surface area contributed by atoms with E-state index in [1.165, 1.54) is 6.42 Å². The predicted molar refractivity (Wildman–Crippen MR) is 87.8 cm³/mol. The number of aryl methyl sites for hydroxylation is 1. The van der Waals surface area contributed by atoms with Crippen LogP contribution in [-0.2, 0) is 22.0 Å². The van der Waals surface area contributed by atoms with E-state index in [2.05, 4.69) is 24.1 Å². The minimum Gasteiger partial charge on any atom is -0.382 e. The third-order valence-corrected chi connectivity index (χ3v) is 6.10. The molecule has 5 nitrogen and oxygen atoms in total. The van der Waals surface area contributed by atoms with E-state index in [0.717, 1.165) is 47.9 Å². The molecular weight excluding hydrogens is 298 g/mol. The molecule has 122 valence electrons. The summed E-state index contributed by atoms with van der Waals surface area (Å²) in [7, 11) is 0.738. The van der Waals surface area contributed by atoms with Gasteiger partial charge in [0, 0.05) is 18.8 Å². The van der Waals surface area contributed by atoms with Crippen molar-refractivity contribution >= 4 is 16.6 Å². The Bertz CT molecular complexity index is 585. The van der Waals surface area contributed by atoms with Gasteiger partial charge in [-0.15, -0.1) is 0 Å². The van der Waals surface area contributed by atoms with Gasteiger partial charge < -0.3 is 10.1 Å². The van der Waals surface area contributed by atoms with Gasteiger partial charge >= 0.3 is 0 Å². The molecule has 1 unspecified atom stereocenters. The maximum atomic E-state index is 12.5. The Morgan fingerprint density at radius 1 is 1.32 bits per heavy atom. The van der Waals surface area contributed by atoms with Crippen molar-refractivity contribution in [2.45, 2.75) is 62.3 Å². The average molecular weight is 323 g/mol. The van der Waals surface area contributed by atoms with Gasteiger partial charge in [0.05, 0.1) is 28.6 Å². The number of nitrogens with one attached hydrogen (secondary N) is 1. The summed E-state index contributed by atoms with van der Waals surface area (Å²) < 4.78 is 17.9. The zero-order valence-electron chi connectivity index (χ0n) is 13.6. The largest absolute Gasteiger partial charge is 0.382 e. The fourth-order valence-electron chi connectivity index (χ4n) is 3.18. The minimum atomic E-state index is -0.993. The van der Waals surface area contributed by atoms with Gasteiger partial charge in [-0.25, -0.2) is 9.97 Å². The molecular formula is C16H25N3O2S. The number of rotatable bonds is 5. The van der Waals surface area contributed by atoms with E-state index >= 15 is 0 Å². The first-order valence-corrected chi connectivity index (χ1v) is 9.43. The van der Waals surface area contributed by atoms with Gasteiger partial charge in [-0.1, -0.05) is 13.8 Å². The van der Waals surface area contributed by atoms with Crippen LogP contribution in [0.15, 0.2) is 4.90 Å². The van der Waals surface area contributed by atoms with Gasteiger partial charge in [0.2, 0.25) is 0 Å². The molecule has 1 aromatic heterocycles. The SMILES string of the molecule is COCC1(Nc2nc(C(C)C)nc3c2S(=O)CCC3)CCC1. The zero-order valence-corrected chi connectivity index (χ0v) is 14.5. The van der Waals surface area contributed by atoms with E-state index in [9.17, 15) is 4.21 Å². The second-order valence-corrected chi connectivity index (χ2v) is 8.21. The number of anilines is 1. The molecule has 0 radical (unpaired) electrons. The van der Waals surface area contributed by atoms with Crippen LogP contribution >= 0.6 is 0 Å². The summed E-state index contributed by atoms with van der Waals surface area (Å²) in [5.41, 5.74) is 0.921. The number of aromatic nitrogens is 2. The topological polar surface area (TPSA) is 64.1 Å². The van der Waals surface area contributed by atoms with Crippen LogP contribution in [0, 0.1) is 0 Å². The molecule has 0 saturated heterocycles. The molecule has 1 atom stereocenters. The Balaban J connectivity index is 2.01. The Hall–Kier alpha value is -1.01. The third-order valence-electron chi connectivity index (χ3n) is 4.56. The second-order valence-electron chi connectivity index (χ2n) is 6.71. The van der Waals surface area contributed by atoms with Gasteiger partial charge in [-0.3, -0.25) is 4.21 Å². The van der Waals surface area contributed by atoms with Gasteiger partial charge in [0.25, 0.3) is 0 Å². The molecule has 0 spiro atoms. The fourth-order valence-corrected chi connectivity index (χ4v) is 4.51. The van der Waals surface area contributed by atoms with Gasteiger partial charge in [-0.05, 0) is 32.1 Å². The highest BCUT2D eigenvalue weighted by molar-refractivity contribution is 7.85. The standard InChI is InChI=1S/C16H25N3O2S/c1-11(2)14-17-12-6-4-9-22(20)13(12)15(18-14)19-16(10-21-3)7-5-8-16/h11H,4-10H2,1-3H3,(H,17,18,19). The lowest BCUT2D eigenvalue weighted by Crippen LogP contribution is -2.49. The summed E-state index contributed by atoms with van der Waals surface area (Å²) in [4.78, 5) is 10.2. The molecule has 1 aromatic rings. The number of fused-ring (bicyclic) bond motifs is 1. The normalized spacial score (nSPS) is 23.0. The number of hydrogen-bond donors (Lipinski definition) is 1. The zero-order chi connectivity index (χ0) is 15.7. The molecule has 1 aliphatic carbocycles. The molecule has 3 rings (SSSR count). The maximum absolute atomic E-state index is 12.5. The molecule has 0 aromatic carbocycles. The molecule has 1 saturated carbocycles. The number of hydrogen-bond acceptors (Lipinski definition) is 5. The molecule has 1 aliphatic heterocycles. The van der Waals surface area contributed by atoms with Crippen molar-refractivity contribution in [3.63, 3.8) is 0 Å². The van der Waals surface area contributed by atoms with Crippen molar-refractivity contribution in [2.24, 2.45) is 0 Å². The first-order chi connectivity index (χ1) is 10.5. The van der Waals surface area contributed by atoms with Gasteiger partial charge in [0.15, 0.2) is 0 Å². The smallest absolute Gasteiger partial charge is 0.146 e. The van der Waals surface area contributed by atoms with Crippen LogP contribution in [0.4, 0.5) is 5.82 Å². The summed E-state index contributed by atoms with van der Waals surface area (Å²) >= 11 is 0. The molecule has 6 heteroatoms. The number of nitrogens with zero attached hydrogens (tertiary/aromatic N) is 2. The van der Waals surface area contributed by atoms with Gasteiger partial charge in [0.1, 0.15) is 16.5 Å². The van der Waals surface area contributed by atoms with E-state index in [1.54, 1.807) is 7.11 Å². The first-order valence-electron chi connectivity index (χ1n) is 8.11. The van der Waals surface area contributed by atoms with E-state index in [-0.39, 0.29) is 11.5 Å². The Morgan fingerprint density at radius 3 is 2.68 bits per heavy atom. The Kier molecular flexibility index (Phi) is 4.50. The molecule has 1 N–H and O–H groups in total. The number of ether oxygens (including phenoxy) is 1. The summed E-state index contributed by atoms with van der Waals surface area (Å²) in [6.07, 6.45) is 5.18. The van der Waals surface area contributed by atoms with Crippen molar-refractivity contribution in [3.8, 4) is 0 Å². The summed E-state index contributed by atoms with van der Waals surface area (Å²) in [6, 6.07) is 0. The lowest BCUT2D eigenvalue weighted by molar-refractivity contribution is 0.0978. The van der Waals surface area contributed by atoms with Crippen LogP contribution in [0.5, 0.6) is 0 Å². The maximum Gasteiger partial charge on any atom is 0.146 e. The quantitative estimate of drug-likeness (QED) is 0.902. The molecule has 2 aliphatic rings. The van der Waals surface area contributed by atoms with E-state index in [4.69, 9.17) is 9.72 Å². The van der Waals surface area contributed by atoms with E-state index in [1.807, 2.05) is 0 Å². The lowest BCUT2D eigenvalue weighted by Gasteiger charge is -2.43. The molecule has 2 heterocycles. The Morgan fingerprint density at radius 2 is 2.09 bits per heavy atom. The monoisotopic (exact) mass is 323 g/mol. The second kappa shape index (κ2) is 6.24. The fraction of sp³-hybridized carbons (Fsp3) is 0.750. The van der Waals surface area contributed by atoms with Crippen molar-refractivity contribution in [1.29, 1.82) is 0 Å². The van der Waals surface area contributed by atoms with Crippen LogP contribution in [0.1, 0.15) is 57.0 Å². The highest BCUT2D eigenvalue weighted by Gasteiger charge is 2.39.